The molecule has 3 aromatic rings. The van der Waals surface area contributed by atoms with E-state index in [0.29, 0.717) is 12.5 Å². The molecule has 0 aliphatic heterocycles. The van der Waals surface area contributed by atoms with Gasteiger partial charge >= 0.3 is 0 Å². The van der Waals surface area contributed by atoms with Gasteiger partial charge in [-0.3, -0.25) is 4.68 Å². The fourth-order valence-corrected chi connectivity index (χ4v) is 3.23. The van der Waals surface area contributed by atoms with E-state index in [2.05, 4.69) is 36.0 Å². The van der Waals surface area contributed by atoms with Crippen molar-refractivity contribution in [1.29, 1.82) is 5.26 Å². The van der Waals surface area contributed by atoms with Crippen LogP contribution < -0.4 is 5.32 Å². The van der Waals surface area contributed by atoms with Crippen LogP contribution in [0.5, 0.6) is 0 Å². The van der Waals surface area contributed by atoms with Crippen molar-refractivity contribution < 1.29 is 0 Å². The van der Waals surface area contributed by atoms with Gasteiger partial charge in [0.2, 0.25) is 5.95 Å². The maximum Gasteiger partial charge on any atom is 0.248 e. The van der Waals surface area contributed by atoms with Gasteiger partial charge < -0.3 is 5.32 Å². The standard InChI is InChI=1S/C16H16N8S/c1-10-5-13(25-23-10)19-15-20-14(11(2)21-22-15)12-6-18-24(7-12)9-16(8-17)3-4-16/h5-7H,3-4,9H2,1-2H3,(H,19,20,22). The number of hydrogen-bond acceptors (Lipinski definition) is 8. The summed E-state index contributed by atoms with van der Waals surface area (Å²) in [6, 6.07) is 4.32. The number of nitriles is 1. The molecule has 8 nitrogen and oxygen atoms in total. The minimum absolute atomic E-state index is 0.237. The molecule has 3 aromatic heterocycles. The Morgan fingerprint density at radius 2 is 2.20 bits per heavy atom. The van der Waals surface area contributed by atoms with Gasteiger partial charge in [0, 0.05) is 11.8 Å². The molecule has 0 saturated heterocycles. The summed E-state index contributed by atoms with van der Waals surface area (Å²) >= 11 is 1.35. The van der Waals surface area contributed by atoms with Crippen molar-refractivity contribution in [3.63, 3.8) is 0 Å². The highest BCUT2D eigenvalue weighted by Gasteiger charge is 2.43. The second kappa shape index (κ2) is 5.89. The highest BCUT2D eigenvalue weighted by molar-refractivity contribution is 7.10. The Morgan fingerprint density at radius 3 is 2.88 bits per heavy atom. The van der Waals surface area contributed by atoms with E-state index in [4.69, 9.17) is 0 Å². The fraction of sp³-hybridized carbons (Fsp3) is 0.375. The molecule has 1 aliphatic rings. The molecule has 3 heterocycles. The third kappa shape index (κ3) is 3.21. The van der Waals surface area contributed by atoms with E-state index < -0.39 is 0 Å². The Morgan fingerprint density at radius 1 is 1.36 bits per heavy atom. The zero-order valence-electron chi connectivity index (χ0n) is 13.9. The predicted octanol–water partition coefficient (Wildman–Crippen LogP) is 2.86. The van der Waals surface area contributed by atoms with E-state index >= 15 is 0 Å². The largest absolute Gasteiger partial charge is 0.313 e. The summed E-state index contributed by atoms with van der Waals surface area (Å²) in [5, 5.41) is 25.9. The molecular weight excluding hydrogens is 336 g/mol. The molecule has 0 radical (unpaired) electrons. The monoisotopic (exact) mass is 352 g/mol. The van der Waals surface area contributed by atoms with Gasteiger partial charge in [0.05, 0.1) is 35.6 Å². The van der Waals surface area contributed by atoms with Crippen LogP contribution in [0.4, 0.5) is 10.9 Å². The van der Waals surface area contributed by atoms with Crippen molar-refractivity contribution in [2.75, 3.05) is 5.32 Å². The third-order valence-corrected chi connectivity index (χ3v) is 4.98. The van der Waals surface area contributed by atoms with E-state index in [1.807, 2.05) is 30.8 Å². The van der Waals surface area contributed by atoms with Crippen molar-refractivity contribution in [2.45, 2.75) is 33.2 Å². The number of aromatic nitrogens is 6. The molecule has 0 amide bonds. The Balaban J connectivity index is 1.58. The molecule has 1 aliphatic carbocycles. The molecule has 0 spiro atoms. The number of nitrogens with zero attached hydrogens (tertiary/aromatic N) is 7. The van der Waals surface area contributed by atoms with Gasteiger partial charge in [-0.1, -0.05) is 0 Å². The predicted molar refractivity (Wildman–Crippen MR) is 93.2 cm³/mol. The fourth-order valence-electron chi connectivity index (χ4n) is 2.58. The lowest BCUT2D eigenvalue weighted by molar-refractivity contribution is 0.486. The lowest BCUT2D eigenvalue weighted by atomic mass is 10.1. The smallest absolute Gasteiger partial charge is 0.248 e. The maximum atomic E-state index is 9.23. The Labute approximate surface area is 148 Å². The molecule has 1 saturated carbocycles. The third-order valence-electron chi connectivity index (χ3n) is 4.18. The molecule has 0 bridgehead atoms. The van der Waals surface area contributed by atoms with Crippen LogP contribution in [0.3, 0.4) is 0 Å². The van der Waals surface area contributed by atoms with E-state index in [9.17, 15) is 5.26 Å². The summed E-state index contributed by atoms with van der Waals surface area (Å²) in [5.74, 6) is 0.424. The van der Waals surface area contributed by atoms with Crippen LogP contribution in [-0.2, 0) is 6.54 Å². The van der Waals surface area contributed by atoms with Gasteiger partial charge in [0.25, 0.3) is 0 Å². The van der Waals surface area contributed by atoms with Crippen molar-refractivity contribution in [3.8, 4) is 17.3 Å². The highest BCUT2D eigenvalue weighted by Crippen LogP contribution is 2.46. The van der Waals surface area contributed by atoms with Crippen molar-refractivity contribution >= 4 is 22.5 Å². The van der Waals surface area contributed by atoms with Gasteiger partial charge in [-0.2, -0.15) is 14.7 Å². The quantitative estimate of drug-likeness (QED) is 0.752. The average Bonchev–Trinajstić information content (AvgIpc) is 3.01. The Bertz CT molecular complexity index is 963. The van der Waals surface area contributed by atoms with Crippen molar-refractivity contribution in [1.82, 2.24) is 29.3 Å². The summed E-state index contributed by atoms with van der Waals surface area (Å²) < 4.78 is 6.04. The summed E-state index contributed by atoms with van der Waals surface area (Å²) in [7, 11) is 0. The molecule has 0 unspecified atom stereocenters. The topological polar surface area (TPSA) is 105 Å². The normalized spacial score (nSPS) is 14.9. The first-order chi connectivity index (χ1) is 12.1. The van der Waals surface area contributed by atoms with Crippen LogP contribution in [0.2, 0.25) is 0 Å². The van der Waals surface area contributed by atoms with Gasteiger partial charge in [0.15, 0.2) is 0 Å². The lowest BCUT2D eigenvalue weighted by Gasteiger charge is -2.06. The Hall–Kier alpha value is -2.86. The Kier molecular flexibility index (Phi) is 3.69. The van der Waals surface area contributed by atoms with Crippen LogP contribution in [0.25, 0.3) is 11.3 Å². The number of rotatable bonds is 5. The van der Waals surface area contributed by atoms with Gasteiger partial charge in [-0.15, -0.1) is 10.2 Å². The SMILES string of the molecule is Cc1cc(Nc2nnc(C)c(-c3cnn(CC4(C#N)CC4)c3)n2)sn1. The first-order valence-corrected chi connectivity index (χ1v) is 8.70. The maximum absolute atomic E-state index is 9.23. The summed E-state index contributed by atoms with van der Waals surface area (Å²) in [6.07, 6.45) is 5.55. The minimum Gasteiger partial charge on any atom is -0.313 e. The summed E-state index contributed by atoms with van der Waals surface area (Å²) in [4.78, 5) is 4.57. The van der Waals surface area contributed by atoms with E-state index in [0.717, 1.165) is 40.5 Å². The molecule has 1 fully saturated rings. The van der Waals surface area contributed by atoms with Gasteiger partial charge in [-0.25, -0.2) is 4.98 Å². The number of aryl methyl sites for hydroxylation is 2. The lowest BCUT2D eigenvalue weighted by Crippen LogP contribution is -2.09. The molecule has 9 heteroatoms. The molecule has 126 valence electrons. The molecule has 25 heavy (non-hydrogen) atoms. The molecule has 0 aromatic carbocycles. The average molecular weight is 352 g/mol. The second-order valence-electron chi connectivity index (χ2n) is 6.35. The minimum atomic E-state index is -0.237. The number of hydrogen-bond donors (Lipinski definition) is 1. The first kappa shape index (κ1) is 15.7. The zero-order valence-corrected chi connectivity index (χ0v) is 14.7. The molecule has 1 N–H and O–H groups in total. The highest BCUT2D eigenvalue weighted by atomic mass is 32.1. The van der Waals surface area contributed by atoms with E-state index in [-0.39, 0.29) is 5.41 Å². The van der Waals surface area contributed by atoms with Crippen LogP contribution >= 0.6 is 11.5 Å². The van der Waals surface area contributed by atoms with Crippen LogP contribution in [0, 0.1) is 30.6 Å². The van der Waals surface area contributed by atoms with Crippen LogP contribution in [0.1, 0.15) is 24.2 Å². The number of anilines is 2. The zero-order chi connectivity index (χ0) is 17.4. The second-order valence-corrected chi connectivity index (χ2v) is 7.15. The number of nitrogens with one attached hydrogen (secondary N) is 1. The van der Waals surface area contributed by atoms with Crippen molar-refractivity contribution in [3.05, 3.63) is 29.8 Å². The van der Waals surface area contributed by atoms with Crippen LogP contribution in [0.15, 0.2) is 18.5 Å². The summed E-state index contributed by atoms with van der Waals surface area (Å²) in [6.45, 7) is 4.42. The van der Waals surface area contributed by atoms with E-state index in [1.54, 1.807) is 6.20 Å². The summed E-state index contributed by atoms with van der Waals surface area (Å²) in [5.41, 5.74) is 3.03. The molecular formula is C16H16N8S. The van der Waals surface area contributed by atoms with Gasteiger partial charge in [0.1, 0.15) is 10.7 Å². The molecule has 0 atom stereocenters. The van der Waals surface area contributed by atoms with E-state index in [1.165, 1.54) is 11.5 Å². The van der Waals surface area contributed by atoms with Crippen molar-refractivity contribution in [2.24, 2.45) is 5.41 Å². The van der Waals surface area contributed by atoms with Crippen LogP contribution in [-0.4, -0.2) is 29.3 Å². The van der Waals surface area contributed by atoms with Gasteiger partial charge in [-0.05, 0) is 44.3 Å². The molecule has 4 rings (SSSR count). The first-order valence-electron chi connectivity index (χ1n) is 7.93.